The highest BCUT2D eigenvalue weighted by atomic mass is 19.4. The van der Waals surface area contributed by atoms with Crippen molar-refractivity contribution < 1.29 is 13.2 Å². The average molecular weight is 238 g/mol. The molecule has 0 unspecified atom stereocenters. The molecule has 0 aliphatic carbocycles. The van der Waals surface area contributed by atoms with Crippen LogP contribution in [0, 0.1) is 0 Å². The first-order valence-electron chi connectivity index (χ1n) is 4.89. The zero-order valence-electron chi connectivity index (χ0n) is 8.70. The maximum Gasteiger partial charge on any atom is 0.416 e. The third-order valence-corrected chi connectivity index (χ3v) is 2.21. The number of aromatic nitrogens is 2. The largest absolute Gasteiger partial charge is 0.416 e. The van der Waals surface area contributed by atoms with Gasteiger partial charge in [-0.05, 0) is 23.8 Å². The predicted molar refractivity (Wildman–Crippen MR) is 59.0 cm³/mol. The second-order valence-corrected chi connectivity index (χ2v) is 3.46. The van der Waals surface area contributed by atoms with Crippen molar-refractivity contribution in [2.45, 2.75) is 6.18 Å². The topological polar surface area (TPSA) is 28.7 Å². The number of benzene rings is 1. The van der Waals surface area contributed by atoms with Crippen LogP contribution in [0.15, 0.2) is 36.8 Å². The molecule has 0 saturated heterocycles. The van der Waals surface area contributed by atoms with Gasteiger partial charge in [-0.1, -0.05) is 18.2 Å². The van der Waals surface area contributed by atoms with Crippen molar-refractivity contribution in [3.05, 3.63) is 53.6 Å². The summed E-state index contributed by atoms with van der Waals surface area (Å²) >= 11 is 0. The molecule has 0 amide bonds. The van der Waals surface area contributed by atoms with Crippen LogP contribution in [0.1, 0.15) is 16.8 Å². The van der Waals surface area contributed by atoms with Crippen LogP contribution in [0.25, 0.3) is 12.2 Å². The van der Waals surface area contributed by atoms with Crippen molar-refractivity contribution in [3.8, 4) is 0 Å². The number of alkyl halides is 3. The van der Waals surface area contributed by atoms with E-state index >= 15 is 0 Å². The van der Waals surface area contributed by atoms with Crippen LogP contribution in [0.4, 0.5) is 13.2 Å². The van der Waals surface area contributed by atoms with Gasteiger partial charge in [-0.3, -0.25) is 0 Å². The van der Waals surface area contributed by atoms with Crippen molar-refractivity contribution in [2.24, 2.45) is 0 Å². The summed E-state index contributed by atoms with van der Waals surface area (Å²) in [5.74, 6) is 0. The normalized spacial score (nSPS) is 12.2. The minimum absolute atomic E-state index is 0.642. The van der Waals surface area contributed by atoms with Crippen LogP contribution in [-0.4, -0.2) is 9.97 Å². The van der Waals surface area contributed by atoms with Gasteiger partial charge >= 0.3 is 6.18 Å². The Kier molecular flexibility index (Phi) is 2.99. The predicted octanol–water partition coefficient (Wildman–Crippen LogP) is 3.60. The molecule has 0 aliphatic rings. The van der Waals surface area contributed by atoms with E-state index in [-0.39, 0.29) is 0 Å². The van der Waals surface area contributed by atoms with E-state index < -0.39 is 11.7 Å². The number of imidazole rings is 1. The number of halogens is 3. The maximum absolute atomic E-state index is 12.3. The third kappa shape index (κ3) is 2.96. The van der Waals surface area contributed by atoms with Gasteiger partial charge < -0.3 is 4.98 Å². The molecule has 2 aromatic rings. The smallest absolute Gasteiger partial charge is 0.345 e. The van der Waals surface area contributed by atoms with Crippen LogP contribution in [0.5, 0.6) is 0 Å². The molecule has 1 N–H and O–H groups in total. The highest BCUT2D eigenvalue weighted by Gasteiger charge is 2.29. The molecule has 1 aromatic heterocycles. The summed E-state index contributed by atoms with van der Waals surface area (Å²) in [6, 6.07) is 4.98. The third-order valence-electron chi connectivity index (χ3n) is 2.21. The Labute approximate surface area is 95.8 Å². The molecule has 0 spiro atoms. The fourth-order valence-electron chi connectivity index (χ4n) is 1.33. The summed E-state index contributed by atoms with van der Waals surface area (Å²) in [4.78, 5) is 6.69. The van der Waals surface area contributed by atoms with Crippen molar-refractivity contribution in [1.29, 1.82) is 0 Å². The van der Waals surface area contributed by atoms with Crippen LogP contribution in [0.3, 0.4) is 0 Å². The SMILES string of the molecule is FC(F)(F)c1ccc(C=Cc2cnc[nH]2)cc1. The molecule has 88 valence electrons. The molecule has 0 radical (unpaired) electrons. The van der Waals surface area contributed by atoms with E-state index in [9.17, 15) is 13.2 Å². The molecule has 5 heteroatoms. The second-order valence-electron chi connectivity index (χ2n) is 3.46. The maximum atomic E-state index is 12.3. The lowest BCUT2D eigenvalue weighted by atomic mass is 10.1. The number of rotatable bonds is 2. The molecule has 2 nitrogen and oxygen atoms in total. The van der Waals surface area contributed by atoms with E-state index in [1.807, 2.05) is 0 Å². The molecule has 0 atom stereocenters. The van der Waals surface area contributed by atoms with Gasteiger partial charge in [-0.25, -0.2) is 4.98 Å². The first kappa shape index (κ1) is 11.4. The van der Waals surface area contributed by atoms with Crippen molar-refractivity contribution in [1.82, 2.24) is 9.97 Å². The lowest BCUT2D eigenvalue weighted by Crippen LogP contribution is -2.03. The zero-order valence-corrected chi connectivity index (χ0v) is 8.70. The van der Waals surface area contributed by atoms with Crippen molar-refractivity contribution in [3.63, 3.8) is 0 Å². The lowest BCUT2D eigenvalue weighted by Gasteiger charge is -2.05. The Morgan fingerprint density at radius 1 is 1.06 bits per heavy atom. The molecule has 0 bridgehead atoms. The first-order chi connectivity index (χ1) is 8.05. The van der Waals surface area contributed by atoms with Crippen LogP contribution >= 0.6 is 0 Å². The Morgan fingerprint density at radius 3 is 2.29 bits per heavy atom. The number of H-pyrrole nitrogens is 1. The molecule has 0 aliphatic heterocycles. The molecule has 17 heavy (non-hydrogen) atoms. The Morgan fingerprint density at radius 2 is 1.76 bits per heavy atom. The van der Waals surface area contributed by atoms with Crippen molar-refractivity contribution >= 4 is 12.2 Å². The first-order valence-corrected chi connectivity index (χ1v) is 4.89. The summed E-state index contributed by atoms with van der Waals surface area (Å²) in [6.45, 7) is 0. The van der Waals surface area contributed by atoms with E-state index in [0.29, 0.717) is 5.56 Å². The van der Waals surface area contributed by atoms with Gasteiger partial charge in [-0.15, -0.1) is 0 Å². The van der Waals surface area contributed by atoms with Crippen molar-refractivity contribution in [2.75, 3.05) is 0 Å². The minimum Gasteiger partial charge on any atom is -0.345 e. The van der Waals surface area contributed by atoms with Gasteiger partial charge in [0.2, 0.25) is 0 Å². The highest BCUT2D eigenvalue weighted by molar-refractivity contribution is 5.67. The Bertz CT molecular complexity index is 496. The summed E-state index contributed by atoms with van der Waals surface area (Å²) < 4.78 is 36.9. The van der Waals surface area contributed by atoms with E-state index in [4.69, 9.17) is 0 Å². The summed E-state index contributed by atoms with van der Waals surface area (Å²) in [5, 5.41) is 0. The highest BCUT2D eigenvalue weighted by Crippen LogP contribution is 2.29. The van der Waals surface area contributed by atoms with Gasteiger partial charge in [0, 0.05) is 0 Å². The number of nitrogens with one attached hydrogen (secondary N) is 1. The van der Waals surface area contributed by atoms with Crippen LogP contribution < -0.4 is 0 Å². The summed E-state index contributed by atoms with van der Waals surface area (Å²) in [6.07, 6.45) is 2.34. The molecule has 0 saturated carbocycles. The minimum atomic E-state index is -4.29. The monoisotopic (exact) mass is 238 g/mol. The fraction of sp³-hybridized carbons (Fsp3) is 0.0833. The molecular weight excluding hydrogens is 229 g/mol. The summed E-state index contributed by atoms with van der Waals surface area (Å²) in [7, 11) is 0. The van der Waals surface area contributed by atoms with Gasteiger partial charge in [0.15, 0.2) is 0 Å². The van der Waals surface area contributed by atoms with E-state index in [1.165, 1.54) is 18.5 Å². The Hall–Kier alpha value is -2.04. The van der Waals surface area contributed by atoms with Gasteiger partial charge in [0.1, 0.15) is 0 Å². The fourth-order valence-corrected chi connectivity index (χ4v) is 1.33. The van der Waals surface area contributed by atoms with E-state index in [0.717, 1.165) is 17.8 Å². The number of hydrogen-bond acceptors (Lipinski definition) is 1. The molecule has 1 heterocycles. The van der Waals surface area contributed by atoms with Gasteiger partial charge in [-0.2, -0.15) is 13.2 Å². The number of aromatic amines is 1. The Balaban J connectivity index is 2.14. The second kappa shape index (κ2) is 4.45. The quantitative estimate of drug-likeness (QED) is 0.850. The molecule has 0 fully saturated rings. The standard InChI is InChI=1S/C12H9F3N2/c13-12(14,15)10-4-1-9(2-5-10)3-6-11-7-16-8-17-11/h1-8H,(H,16,17). The number of nitrogens with zero attached hydrogens (tertiary/aromatic N) is 1. The zero-order chi connectivity index (χ0) is 12.3. The van der Waals surface area contributed by atoms with Gasteiger partial charge in [0.25, 0.3) is 0 Å². The van der Waals surface area contributed by atoms with E-state index in [2.05, 4.69) is 9.97 Å². The van der Waals surface area contributed by atoms with Crippen LogP contribution in [0.2, 0.25) is 0 Å². The van der Waals surface area contributed by atoms with E-state index in [1.54, 1.807) is 18.3 Å². The molecule has 2 rings (SSSR count). The summed E-state index contributed by atoms with van der Waals surface area (Å²) in [5.41, 5.74) is 0.855. The molecule has 1 aromatic carbocycles. The van der Waals surface area contributed by atoms with Gasteiger partial charge in [0.05, 0.1) is 23.8 Å². The number of hydrogen-bond donors (Lipinski definition) is 1. The van der Waals surface area contributed by atoms with Crippen LogP contribution in [-0.2, 0) is 6.18 Å². The molecular formula is C12H9F3N2. The average Bonchev–Trinajstić information content (AvgIpc) is 2.78. The lowest BCUT2D eigenvalue weighted by molar-refractivity contribution is -0.137.